The fraction of sp³-hybridized carbons (Fsp3) is 0.357. The van der Waals surface area contributed by atoms with Crippen LogP contribution in [-0.4, -0.2) is 36.8 Å². The predicted octanol–water partition coefficient (Wildman–Crippen LogP) is 1.34. The Bertz CT molecular complexity index is 583. The Labute approximate surface area is 117 Å². The molecule has 20 heavy (non-hydrogen) atoms. The number of benzene rings is 1. The molecule has 1 N–H and O–H groups in total. The molecule has 0 saturated carbocycles. The van der Waals surface area contributed by atoms with Crippen LogP contribution in [0.1, 0.15) is 5.69 Å². The average molecular weight is 275 g/mol. The van der Waals surface area contributed by atoms with Crippen LogP contribution in [0.3, 0.4) is 0 Å². The van der Waals surface area contributed by atoms with Gasteiger partial charge in [0, 0.05) is 32.5 Å². The summed E-state index contributed by atoms with van der Waals surface area (Å²) in [5, 5.41) is 7.78. The number of hydrogen-bond acceptors (Lipinski definition) is 5. The van der Waals surface area contributed by atoms with E-state index in [4.69, 9.17) is 14.2 Å². The molecule has 0 aliphatic carbocycles. The number of ether oxygens (including phenoxy) is 3. The van der Waals surface area contributed by atoms with Crippen molar-refractivity contribution >= 4 is 0 Å². The molecule has 0 radical (unpaired) electrons. The monoisotopic (exact) mass is 275 g/mol. The number of rotatable bonds is 6. The first-order chi connectivity index (χ1) is 9.86. The summed E-state index contributed by atoms with van der Waals surface area (Å²) in [6.07, 6.45) is 1.94. The minimum atomic E-state index is 0.284. The van der Waals surface area contributed by atoms with Crippen LogP contribution in [0, 0.1) is 0 Å². The van der Waals surface area contributed by atoms with E-state index in [0.717, 1.165) is 36.0 Å². The minimum Gasteiger partial charge on any atom is -0.454 e. The summed E-state index contributed by atoms with van der Waals surface area (Å²) in [4.78, 5) is 0. The normalized spacial score (nSPS) is 12.8. The zero-order chi connectivity index (χ0) is 13.8. The second-order valence-corrected chi connectivity index (χ2v) is 4.46. The Kier molecular flexibility index (Phi) is 3.85. The Morgan fingerprint density at radius 1 is 1.30 bits per heavy atom. The highest BCUT2D eigenvalue weighted by Crippen LogP contribution is 2.33. The van der Waals surface area contributed by atoms with E-state index in [2.05, 4.69) is 10.4 Å². The van der Waals surface area contributed by atoms with Gasteiger partial charge in [-0.1, -0.05) is 0 Å². The summed E-state index contributed by atoms with van der Waals surface area (Å²) >= 11 is 0. The fourth-order valence-corrected chi connectivity index (χ4v) is 2.02. The first-order valence-corrected chi connectivity index (χ1v) is 6.51. The maximum Gasteiger partial charge on any atom is 0.231 e. The lowest BCUT2D eigenvalue weighted by Gasteiger charge is -2.03. The Balaban J connectivity index is 1.67. The first-order valence-electron chi connectivity index (χ1n) is 6.51. The summed E-state index contributed by atoms with van der Waals surface area (Å²) in [6.45, 7) is 2.52. The number of nitrogens with zero attached hydrogens (tertiary/aromatic N) is 2. The van der Waals surface area contributed by atoms with Gasteiger partial charge in [-0.05, 0) is 18.2 Å². The molecule has 1 aliphatic rings. The highest BCUT2D eigenvalue weighted by atomic mass is 16.7. The quantitative estimate of drug-likeness (QED) is 0.806. The smallest absolute Gasteiger partial charge is 0.231 e. The first kappa shape index (κ1) is 13.0. The van der Waals surface area contributed by atoms with Gasteiger partial charge in [0.05, 0.1) is 18.0 Å². The lowest BCUT2D eigenvalue weighted by molar-refractivity contribution is 0.174. The zero-order valence-electron chi connectivity index (χ0n) is 11.3. The molecule has 0 bridgehead atoms. The van der Waals surface area contributed by atoms with E-state index in [1.54, 1.807) is 7.11 Å². The Morgan fingerprint density at radius 3 is 3.10 bits per heavy atom. The number of methoxy groups -OCH3 is 1. The molecule has 3 rings (SSSR count). The van der Waals surface area contributed by atoms with Crippen LogP contribution in [0.15, 0.2) is 30.5 Å². The summed E-state index contributed by atoms with van der Waals surface area (Å²) in [5.74, 6) is 1.54. The van der Waals surface area contributed by atoms with Crippen molar-refractivity contribution in [1.29, 1.82) is 0 Å². The summed E-state index contributed by atoms with van der Waals surface area (Å²) in [5.41, 5.74) is 1.94. The van der Waals surface area contributed by atoms with Gasteiger partial charge < -0.3 is 19.5 Å². The number of fused-ring (bicyclic) bond motifs is 1. The largest absolute Gasteiger partial charge is 0.454 e. The summed E-state index contributed by atoms with van der Waals surface area (Å²) in [6, 6.07) is 7.78. The average Bonchev–Trinajstić information content (AvgIpc) is 3.11. The molecule has 2 heterocycles. The number of hydrogen-bond donors (Lipinski definition) is 1. The minimum absolute atomic E-state index is 0.284. The molecular formula is C14H17N3O3. The van der Waals surface area contributed by atoms with Crippen molar-refractivity contribution in [1.82, 2.24) is 15.1 Å². The maximum atomic E-state index is 5.37. The van der Waals surface area contributed by atoms with Crippen molar-refractivity contribution in [2.45, 2.75) is 6.54 Å². The summed E-state index contributed by atoms with van der Waals surface area (Å²) in [7, 11) is 1.69. The molecule has 0 fully saturated rings. The van der Waals surface area contributed by atoms with Crippen molar-refractivity contribution in [2.75, 3.05) is 27.1 Å². The highest BCUT2D eigenvalue weighted by Gasteiger charge is 2.14. The molecule has 1 aromatic carbocycles. The van der Waals surface area contributed by atoms with Gasteiger partial charge in [0.25, 0.3) is 0 Å². The van der Waals surface area contributed by atoms with Crippen LogP contribution >= 0.6 is 0 Å². The van der Waals surface area contributed by atoms with Gasteiger partial charge in [-0.15, -0.1) is 0 Å². The van der Waals surface area contributed by atoms with Crippen molar-refractivity contribution in [2.24, 2.45) is 0 Å². The third kappa shape index (κ3) is 2.76. The van der Waals surface area contributed by atoms with E-state index >= 15 is 0 Å². The van der Waals surface area contributed by atoms with Gasteiger partial charge in [-0.2, -0.15) is 5.10 Å². The van der Waals surface area contributed by atoms with E-state index in [0.29, 0.717) is 6.61 Å². The van der Waals surface area contributed by atoms with E-state index < -0.39 is 0 Å². The molecular weight excluding hydrogens is 258 g/mol. The molecule has 106 valence electrons. The van der Waals surface area contributed by atoms with Crippen LogP contribution in [0.2, 0.25) is 0 Å². The molecule has 1 aromatic heterocycles. The Hall–Kier alpha value is -2.05. The standard InChI is InChI=1S/C14H17N3O3/c1-18-7-5-15-9-11-4-6-17(16-11)12-2-3-13-14(8-12)20-10-19-13/h2-4,6,8,15H,5,7,9-10H2,1H3. The summed E-state index contributed by atoms with van der Waals surface area (Å²) < 4.78 is 17.5. The van der Waals surface area contributed by atoms with Crippen LogP contribution in [0.5, 0.6) is 11.5 Å². The number of nitrogens with one attached hydrogen (secondary N) is 1. The second kappa shape index (κ2) is 5.94. The molecule has 0 spiro atoms. The third-order valence-electron chi connectivity index (χ3n) is 3.05. The van der Waals surface area contributed by atoms with Crippen LogP contribution < -0.4 is 14.8 Å². The molecule has 6 heteroatoms. The third-order valence-corrected chi connectivity index (χ3v) is 3.05. The maximum absolute atomic E-state index is 5.37. The number of aromatic nitrogens is 2. The van der Waals surface area contributed by atoms with Crippen LogP contribution in [0.4, 0.5) is 0 Å². The van der Waals surface area contributed by atoms with Crippen molar-refractivity contribution in [3.63, 3.8) is 0 Å². The SMILES string of the molecule is COCCNCc1ccn(-c2ccc3c(c2)OCO3)n1. The zero-order valence-corrected chi connectivity index (χ0v) is 11.3. The lowest BCUT2D eigenvalue weighted by Crippen LogP contribution is -2.18. The van der Waals surface area contributed by atoms with E-state index in [1.165, 1.54) is 0 Å². The van der Waals surface area contributed by atoms with Gasteiger partial charge in [-0.25, -0.2) is 4.68 Å². The van der Waals surface area contributed by atoms with Gasteiger partial charge in [0.1, 0.15) is 0 Å². The van der Waals surface area contributed by atoms with Crippen molar-refractivity contribution in [3.05, 3.63) is 36.2 Å². The highest BCUT2D eigenvalue weighted by molar-refractivity contribution is 5.49. The molecule has 0 atom stereocenters. The second-order valence-electron chi connectivity index (χ2n) is 4.46. The van der Waals surface area contributed by atoms with Gasteiger partial charge in [0.2, 0.25) is 6.79 Å². The molecule has 1 aliphatic heterocycles. The molecule has 2 aromatic rings. The van der Waals surface area contributed by atoms with Gasteiger partial charge >= 0.3 is 0 Å². The lowest BCUT2D eigenvalue weighted by atomic mass is 10.3. The Morgan fingerprint density at radius 2 is 2.20 bits per heavy atom. The van der Waals surface area contributed by atoms with Gasteiger partial charge in [0.15, 0.2) is 11.5 Å². The predicted molar refractivity (Wildman–Crippen MR) is 73.3 cm³/mol. The van der Waals surface area contributed by atoms with E-state index in [-0.39, 0.29) is 6.79 Å². The molecule has 0 amide bonds. The topological polar surface area (TPSA) is 57.5 Å². The molecule has 0 saturated heterocycles. The van der Waals surface area contributed by atoms with E-state index in [9.17, 15) is 0 Å². The van der Waals surface area contributed by atoms with Crippen molar-refractivity contribution in [3.8, 4) is 17.2 Å². The van der Waals surface area contributed by atoms with Crippen LogP contribution in [0.25, 0.3) is 5.69 Å². The van der Waals surface area contributed by atoms with Gasteiger partial charge in [-0.3, -0.25) is 0 Å². The van der Waals surface area contributed by atoms with Crippen LogP contribution in [-0.2, 0) is 11.3 Å². The molecule has 0 unspecified atom stereocenters. The fourth-order valence-electron chi connectivity index (χ4n) is 2.02. The molecule has 6 nitrogen and oxygen atoms in total. The van der Waals surface area contributed by atoms with E-state index in [1.807, 2.05) is 35.1 Å². The van der Waals surface area contributed by atoms with Crippen molar-refractivity contribution < 1.29 is 14.2 Å².